The van der Waals surface area contributed by atoms with Crippen LogP contribution in [0.5, 0.6) is 5.75 Å². The first-order chi connectivity index (χ1) is 17.7. The molecule has 2 amide bonds. The molecule has 0 spiro atoms. The van der Waals surface area contributed by atoms with Crippen LogP contribution in [0.15, 0.2) is 83.3 Å². The first-order valence-corrected chi connectivity index (χ1v) is 13.6. The summed E-state index contributed by atoms with van der Waals surface area (Å²) in [5.74, 6) is 0.279. The van der Waals surface area contributed by atoms with Crippen LogP contribution in [-0.2, 0) is 28.0 Å². The van der Waals surface area contributed by atoms with Crippen molar-refractivity contribution in [1.29, 1.82) is 0 Å². The zero-order valence-electron chi connectivity index (χ0n) is 22.2. The molecule has 0 heterocycles. The molecule has 0 bridgehead atoms. The van der Waals surface area contributed by atoms with Crippen molar-refractivity contribution in [2.24, 2.45) is 0 Å². The second kappa shape index (κ2) is 13.4. The van der Waals surface area contributed by atoms with E-state index in [9.17, 15) is 9.59 Å². The Balaban J connectivity index is 1.93. The van der Waals surface area contributed by atoms with Gasteiger partial charge in [-0.3, -0.25) is 9.59 Å². The van der Waals surface area contributed by atoms with Crippen molar-refractivity contribution in [3.8, 4) is 5.75 Å². The van der Waals surface area contributed by atoms with Gasteiger partial charge in [-0.05, 0) is 46.7 Å². The molecule has 1 atom stereocenters. The smallest absolute Gasteiger partial charge is 0.261 e. The van der Waals surface area contributed by atoms with E-state index >= 15 is 0 Å². The number of rotatable bonds is 11. The highest BCUT2D eigenvalue weighted by Crippen LogP contribution is 2.31. The summed E-state index contributed by atoms with van der Waals surface area (Å²) in [6.07, 6.45) is 1.23. The van der Waals surface area contributed by atoms with Gasteiger partial charge in [-0.2, -0.15) is 0 Å². The fourth-order valence-corrected chi connectivity index (χ4v) is 4.63. The minimum atomic E-state index is -0.679. The Hall–Kier alpha value is -3.12. The maximum Gasteiger partial charge on any atom is 0.261 e. The summed E-state index contributed by atoms with van der Waals surface area (Å²) in [5, 5.41) is 3.01. The van der Waals surface area contributed by atoms with E-state index in [1.807, 2.05) is 85.8 Å². The van der Waals surface area contributed by atoms with Crippen molar-refractivity contribution < 1.29 is 14.3 Å². The largest absolute Gasteiger partial charge is 0.483 e. The van der Waals surface area contributed by atoms with Crippen molar-refractivity contribution in [2.45, 2.75) is 58.5 Å². The van der Waals surface area contributed by atoms with E-state index in [0.717, 1.165) is 27.6 Å². The van der Waals surface area contributed by atoms with Crippen LogP contribution in [0.3, 0.4) is 0 Å². The number of halogens is 1. The molecule has 3 aromatic rings. The molecular weight excluding hydrogens is 528 g/mol. The Morgan fingerprint density at radius 3 is 2.30 bits per heavy atom. The van der Waals surface area contributed by atoms with Gasteiger partial charge in [0.15, 0.2) is 6.61 Å². The van der Waals surface area contributed by atoms with E-state index in [1.165, 1.54) is 0 Å². The van der Waals surface area contributed by atoms with Crippen LogP contribution < -0.4 is 10.1 Å². The summed E-state index contributed by atoms with van der Waals surface area (Å²) in [7, 11) is 0. The third-order valence-electron chi connectivity index (χ3n) is 6.11. The second-order valence-electron chi connectivity index (χ2n) is 10.2. The molecule has 0 unspecified atom stereocenters. The average Bonchev–Trinajstić information content (AvgIpc) is 2.88. The van der Waals surface area contributed by atoms with Gasteiger partial charge in [-0.15, -0.1) is 0 Å². The molecule has 0 saturated heterocycles. The van der Waals surface area contributed by atoms with Crippen LogP contribution in [0.2, 0.25) is 0 Å². The SMILES string of the molecule is CCCNC(=O)[C@H](Cc1ccccc1)N(Cc1cccc(Br)c1)C(=O)COc1ccccc1C(C)(C)C. The monoisotopic (exact) mass is 564 g/mol. The summed E-state index contributed by atoms with van der Waals surface area (Å²) in [5.41, 5.74) is 2.82. The molecular formula is C31H37BrN2O3. The van der Waals surface area contributed by atoms with Crippen molar-refractivity contribution in [3.63, 3.8) is 0 Å². The summed E-state index contributed by atoms with van der Waals surface area (Å²) < 4.78 is 7.02. The number of nitrogens with one attached hydrogen (secondary N) is 1. The predicted molar refractivity (Wildman–Crippen MR) is 153 cm³/mol. The van der Waals surface area contributed by atoms with Crippen LogP contribution in [0.4, 0.5) is 0 Å². The Labute approximate surface area is 229 Å². The Kier molecular flexibility index (Phi) is 10.3. The fourth-order valence-electron chi connectivity index (χ4n) is 4.19. The van der Waals surface area contributed by atoms with Gasteiger partial charge in [0, 0.05) is 24.0 Å². The van der Waals surface area contributed by atoms with E-state index in [0.29, 0.717) is 25.3 Å². The maximum absolute atomic E-state index is 13.8. The average molecular weight is 566 g/mol. The first-order valence-electron chi connectivity index (χ1n) is 12.8. The minimum absolute atomic E-state index is 0.133. The highest BCUT2D eigenvalue weighted by atomic mass is 79.9. The molecule has 0 fully saturated rings. The van der Waals surface area contributed by atoms with Gasteiger partial charge in [0.1, 0.15) is 11.8 Å². The molecule has 3 rings (SSSR count). The minimum Gasteiger partial charge on any atom is -0.483 e. The molecule has 0 radical (unpaired) electrons. The lowest BCUT2D eigenvalue weighted by Gasteiger charge is -2.32. The standard InChI is InChI=1S/C31H37BrN2O3/c1-5-18-33-30(36)27(20-23-12-7-6-8-13-23)34(21-24-14-11-15-25(32)19-24)29(35)22-37-28-17-10-9-16-26(28)31(2,3)4/h6-17,19,27H,5,18,20-22H2,1-4H3,(H,33,36)/t27-/m0/s1. The number of hydrogen-bond acceptors (Lipinski definition) is 3. The number of benzene rings is 3. The number of para-hydroxylation sites is 1. The lowest BCUT2D eigenvalue weighted by atomic mass is 9.86. The molecule has 0 aliphatic carbocycles. The van der Waals surface area contributed by atoms with E-state index < -0.39 is 6.04 Å². The van der Waals surface area contributed by atoms with Crippen molar-refractivity contribution >= 4 is 27.7 Å². The van der Waals surface area contributed by atoms with Gasteiger partial charge < -0.3 is 15.0 Å². The molecule has 5 nitrogen and oxygen atoms in total. The van der Waals surface area contributed by atoms with Crippen LogP contribution >= 0.6 is 15.9 Å². The molecule has 0 aliphatic rings. The molecule has 0 saturated carbocycles. The number of amides is 2. The van der Waals surface area contributed by atoms with Gasteiger partial charge in [0.2, 0.25) is 5.91 Å². The van der Waals surface area contributed by atoms with Crippen molar-refractivity contribution in [2.75, 3.05) is 13.2 Å². The zero-order chi connectivity index (χ0) is 26.8. The lowest BCUT2D eigenvalue weighted by molar-refractivity contribution is -0.142. The van der Waals surface area contributed by atoms with Crippen molar-refractivity contribution in [3.05, 3.63) is 100 Å². The predicted octanol–water partition coefficient (Wildman–Crippen LogP) is 6.29. The van der Waals surface area contributed by atoms with E-state index in [-0.39, 0.29) is 23.8 Å². The zero-order valence-corrected chi connectivity index (χ0v) is 23.8. The van der Waals surface area contributed by atoms with Gasteiger partial charge in [-0.1, -0.05) is 104 Å². The Morgan fingerprint density at radius 1 is 0.946 bits per heavy atom. The Bertz CT molecular complexity index is 1170. The summed E-state index contributed by atoms with van der Waals surface area (Å²) in [6.45, 7) is 9.04. The number of hydrogen-bond donors (Lipinski definition) is 1. The molecule has 196 valence electrons. The van der Waals surface area contributed by atoms with Gasteiger partial charge >= 0.3 is 0 Å². The first kappa shape index (κ1) is 28.5. The lowest BCUT2D eigenvalue weighted by Crippen LogP contribution is -2.51. The van der Waals surface area contributed by atoms with Gasteiger partial charge in [0.25, 0.3) is 5.91 Å². The number of carbonyl (C=O) groups is 2. The fraction of sp³-hybridized carbons (Fsp3) is 0.355. The van der Waals surface area contributed by atoms with Crippen LogP contribution in [0.25, 0.3) is 0 Å². The number of carbonyl (C=O) groups excluding carboxylic acids is 2. The topological polar surface area (TPSA) is 58.6 Å². The van der Waals surface area contributed by atoms with E-state index in [1.54, 1.807) is 4.90 Å². The second-order valence-corrected chi connectivity index (χ2v) is 11.1. The normalized spacial score (nSPS) is 12.0. The van der Waals surface area contributed by atoms with Crippen molar-refractivity contribution in [1.82, 2.24) is 10.2 Å². The summed E-state index contributed by atoms with van der Waals surface area (Å²) >= 11 is 3.52. The summed E-state index contributed by atoms with van der Waals surface area (Å²) in [6, 6.07) is 24.7. The van der Waals surface area contributed by atoms with Crippen LogP contribution in [0, 0.1) is 0 Å². The molecule has 6 heteroatoms. The highest BCUT2D eigenvalue weighted by molar-refractivity contribution is 9.10. The summed E-state index contributed by atoms with van der Waals surface area (Å²) in [4.78, 5) is 28.9. The molecule has 0 aliphatic heterocycles. The third kappa shape index (κ3) is 8.46. The van der Waals surface area contributed by atoms with E-state index in [4.69, 9.17) is 4.74 Å². The Morgan fingerprint density at radius 2 is 1.62 bits per heavy atom. The molecule has 1 N–H and O–H groups in total. The molecule has 0 aromatic heterocycles. The van der Waals surface area contributed by atoms with E-state index in [2.05, 4.69) is 42.0 Å². The molecule has 3 aromatic carbocycles. The third-order valence-corrected chi connectivity index (χ3v) is 6.60. The molecule has 37 heavy (non-hydrogen) atoms. The van der Waals surface area contributed by atoms with Gasteiger partial charge in [-0.25, -0.2) is 0 Å². The van der Waals surface area contributed by atoms with Crippen LogP contribution in [0.1, 0.15) is 50.8 Å². The highest BCUT2D eigenvalue weighted by Gasteiger charge is 2.31. The van der Waals surface area contributed by atoms with Gasteiger partial charge in [0.05, 0.1) is 0 Å². The number of ether oxygens (including phenoxy) is 1. The number of nitrogens with zero attached hydrogens (tertiary/aromatic N) is 1. The maximum atomic E-state index is 13.8. The van der Waals surface area contributed by atoms with Crippen LogP contribution in [-0.4, -0.2) is 35.9 Å². The quantitative estimate of drug-likeness (QED) is 0.297.